The molecule has 4 heterocycles. The predicted octanol–water partition coefficient (Wildman–Crippen LogP) is 22.2. The first kappa shape index (κ1) is 57.2. The maximum absolute atomic E-state index is 7.05. The summed E-state index contributed by atoms with van der Waals surface area (Å²) in [4.78, 5) is 7.75. The van der Waals surface area contributed by atoms with Gasteiger partial charge in [0, 0.05) is 76.6 Å². The minimum absolute atomic E-state index is 0.00690. The van der Waals surface area contributed by atoms with Crippen LogP contribution >= 0.6 is 11.3 Å². The molecule has 4 nitrogen and oxygen atoms in total. The molecular weight excluding hydrogens is 1090 g/mol. The molecule has 12 aromatic rings. The molecule has 0 aliphatic carbocycles. The average molecular weight is 1170 g/mol. The number of rotatable bonds is 7. The average Bonchev–Trinajstić information content (AvgIpc) is 1.21. The second-order valence-electron chi connectivity index (χ2n) is 29.9. The highest BCUT2D eigenvalue weighted by molar-refractivity contribution is 7.33. The number of benzene rings is 10. The molecule has 0 saturated carbocycles. The molecule has 0 unspecified atom stereocenters. The summed E-state index contributed by atoms with van der Waals surface area (Å²) in [5.74, 6) is 0. The zero-order chi connectivity index (χ0) is 61.6. The van der Waals surface area contributed by atoms with Crippen molar-refractivity contribution in [2.45, 2.75) is 131 Å². The van der Waals surface area contributed by atoms with Crippen LogP contribution in [0.1, 0.15) is 132 Å². The van der Waals surface area contributed by atoms with Crippen molar-refractivity contribution in [3.63, 3.8) is 0 Å². The van der Waals surface area contributed by atoms with Crippen LogP contribution in [0.5, 0.6) is 0 Å². The highest BCUT2D eigenvalue weighted by Crippen LogP contribution is 2.53. The molecule has 88 heavy (non-hydrogen) atoms. The number of hydrogen-bond acceptors (Lipinski definition) is 5. The van der Waals surface area contributed by atoms with Crippen molar-refractivity contribution < 1.29 is 4.42 Å². The summed E-state index contributed by atoms with van der Waals surface area (Å²) >= 11 is 1.96. The van der Waals surface area contributed by atoms with Crippen LogP contribution < -0.4 is 30.4 Å². The lowest BCUT2D eigenvalue weighted by Crippen LogP contribution is -2.60. The molecule has 0 bridgehead atoms. The van der Waals surface area contributed by atoms with Gasteiger partial charge in [-0.25, -0.2) is 0 Å². The highest BCUT2D eigenvalue weighted by Gasteiger charge is 2.47. The maximum atomic E-state index is 7.05. The quantitative estimate of drug-likeness (QED) is 0.148. The molecule has 14 rings (SSSR count). The van der Waals surface area contributed by atoms with Crippen molar-refractivity contribution in [3.05, 3.63) is 240 Å². The fourth-order valence-corrected chi connectivity index (χ4v) is 14.8. The summed E-state index contributed by atoms with van der Waals surface area (Å²) in [6.07, 6.45) is 0. The van der Waals surface area contributed by atoms with Gasteiger partial charge in [0.15, 0.2) is 0 Å². The van der Waals surface area contributed by atoms with Crippen LogP contribution in [-0.4, -0.2) is 6.71 Å². The van der Waals surface area contributed by atoms with Crippen LogP contribution in [0.15, 0.2) is 217 Å². The summed E-state index contributed by atoms with van der Waals surface area (Å²) in [5, 5.41) is 3.51. The largest absolute Gasteiger partial charge is 0.455 e. The Morgan fingerprint density at radius 3 is 1.51 bits per heavy atom. The summed E-state index contributed by atoms with van der Waals surface area (Å²) in [6.45, 7) is 34.6. The first-order valence-electron chi connectivity index (χ1n) is 31.5. The van der Waals surface area contributed by atoms with E-state index in [-0.39, 0.29) is 33.8 Å². The Labute approximate surface area is 526 Å². The predicted molar refractivity (Wildman–Crippen MR) is 382 cm³/mol. The third kappa shape index (κ3) is 9.74. The van der Waals surface area contributed by atoms with Crippen LogP contribution in [0, 0.1) is 0 Å². The van der Waals surface area contributed by atoms with Gasteiger partial charge in [0.2, 0.25) is 0 Å². The van der Waals surface area contributed by atoms with E-state index in [2.05, 4.69) is 331 Å². The number of hydrogen-bond donors (Lipinski definition) is 0. The third-order valence-electron chi connectivity index (χ3n) is 18.7. The van der Waals surface area contributed by atoms with Gasteiger partial charge in [-0.05, 0) is 168 Å². The Morgan fingerprint density at radius 1 is 0.375 bits per heavy atom. The Morgan fingerprint density at radius 2 is 0.898 bits per heavy atom. The van der Waals surface area contributed by atoms with Gasteiger partial charge in [-0.3, -0.25) is 0 Å². The molecule has 0 spiro atoms. The van der Waals surface area contributed by atoms with E-state index in [1.807, 2.05) is 11.3 Å². The van der Waals surface area contributed by atoms with Crippen LogP contribution in [-0.2, 0) is 27.1 Å². The number of fused-ring (bicyclic) bond motifs is 9. The van der Waals surface area contributed by atoms with Gasteiger partial charge < -0.3 is 19.1 Å². The van der Waals surface area contributed by atoms with Gasteiger partial charge in [0.05, 0.1) is 11.4 Å². The van der Waals surface area contributed by atoms with E-state index < -0.39 is 0 Å². The van der Waals surface area contributed by atoms with Gasteiger partial charge in [0.25, 0.3) is 6.71 Å². The normalized spacial score (nSPS) is 13.6. The molecule has 0 atom stereocenters. The van der Waals surface area contributed by atoms with E-state index in [4.69, 9.17) is 4.42 Å². The Bertz CT molecular complexity index is 4630. The van der Waals surface area contributed by atoms with E-state index in [1.165, 1.54) is 65.0 Å². The van der Waals surface area contributed by atoms with Crippen molar-refractivity contribution in [3.8, 4) is 22.3 Å². The van der Waals surface area contributed by atoms with Crippen molar-refractivity contribution in [2.24, 2.45) is 0 Å². The second kappa shape index (κ2) is 20.5. The molecule has 438 valence electrons. The number of nitrogens with zero attached hydrogens (tertiary/aromatic N) is 3. The van der Waals surface area contributed by atoms with E-state index >= 15 is 0 Å². The monoisotopic (exact) mass is 1170 g/mol. The van der Waals surface area contributed by atoms with Crippen molar-refractivity contribution in [1.29, 1.82) is 0 Å². The summed E-state index contributed by atoms with van der Waals surface area (Å²) in [6, 6.07) is 81.1. The Balaban J connectivity index is 1.12. The Kier molecular flexibility index (Phi) is 13.3. The van der Waals surface area contributed by atoms with E-state index in [0.29, 0.717) is 0 Å². The van der Waals surface area contributed by atoms with Gasteiger partial charge >= 0.3 is 0 Å². The minimum atomic E-state index is -0.154. The van der Waals surface area contributed by atoms with E-state index in [1.54, 1.807) is 0 Å². The molecule has 2 aromatic heterocycles. The van der Waals surface area contributed by atoms with Crippen molar-refractivity contribution in [2.75, 3.05) is 14.7 Å². The molecular formula is C82H80BN3OS. The molecule has 0 amide bonds. The zero-order valence-corrected chi connectivity index (χ0v) is 54.8. The summed E-state index contributed by atoms with van der Waals surface area (Å²) in [5.41, 5.74) is 25.3. The third-order valence-corrected chi connectivity index (χ3v) is 19.9. The van der Waals surface area contributed by atoms with Crippen LogP contribution in [0.25, 0.3) is 54.3 Å². The highest BCUT2D eigenvalue weighted by atomic mass is 32.1. The number of thiophene rings is 1. The van der Waals surface area contributed by atoms with Gasteiger partial charge in [0.1, 0.15) is 11.2 Å². The van der Waals surface area contributed by atoms with Gasteiger partial charge in [-0.15, -0.1) is 11.3 Å². The first-order valence-corrected chi connectivity index (χ1v) is 32.3. The molecule has 6 heteroatoms. The topological polar surface area (TPSA) is 22.9 Å². The maximum Gasteiger partial charge on any atom is 0.264 e. The molecule has 0 radical (unpaired) electrons. The zero-order valence-electron chi connectivity index (χ0n) is 53.9. The summed E-state index contributed by atoms with van der Waals surface area (Å²) < 4.78 is 9.68. The lowest BCUT2D eigenvalue weighted by molar-refractivity contribution is 0.590. The number of para-hydroxylation sites is 2. The number of furan rings is 1. The van der Waals surface area contributed by atoms with Crippen LogP contribution in [0.2, 0.25) is 0 Å². The fraction of sp³-hybridized carbons (Fsp3) is 0.244. The Hall–Kier alpha value is -8.58. The lowest BCUT2D eigenvalue weighted by Gasteiger charge is -2.44. The lowest BCUT2D eigenvalue weighted by atomic mass is 9.36. The minimum Gasteiger partial charge on any atom is -0.455 e. The molecule has 0 fully saturated rings. The molecule has 2 aliphatic heterocycles. The molecule has 10 aromatic carbocycles. The standard InChI is InChI=1S/C82H80BN3OS/c1-78(2,3)53-28-36-58(37-29-53)84(59-38-30-54(31-39-59)79(4,5)6)61-42-43-67-69(50-61)86(68-44-34-56(81(10,11)12)48-65(68)64-26-21-25-63-62-24-19-20-27-72(62)87-76(63)64)71-47-52(51-22-17-16-18-23-51)46-70-74(71)83(67)77-75(66-49-57(82(13,14)15)35-45-73(66)88-77)85(70)60-40-32-55(33-41-60)80(7,8)9/h16-50H,1-15H3. The van der Waals surface area contributed by atoms with Crippen LogP contribution in [0.3, 0.4) is 0 Å². The molecule has 0 saturated heterocycles. The smallest absolute Gasteiger partial charge is 0.264 e. The van der Waals surface area contributed by atoms with E-state index in [9.17, 15) is 0 Å². The molecule has 2 aliphatic rings. The SMILES string of the molecule is CC(C)(C)c1ccc(N(c2ccc(C(C)(C)C)cc2)c2ccc3c(c2)N(c2ccc(C(C)(C)C)cc2-c2cccc4c2oc2ccccc24)c2cc(-c4ccccc4)cc4c2B3c2sc3ccc(C(C)(C)C)cc3c2N4c2ccc(C(C)(C)C)cc2)cc1. The number of anilines is 9. The molecule has 0 N–H and O–H groups in total. The first-order chi connectivity index (χ1) is 41.8. The van der Waals surface area contributed by atoms with Crippen molar-refractivity contribution in [1.82, 2.24) is 0 Å². The fourth-order valence-electron chi connectivity index (χ4n) is 13.5. The van der Waals surface area contributed by atoms with Gasteiger partial charge in [-0.1, -0.05) is 225 Å². The van der Waals surface area contributed by atoms with E-state index in [0.717, 1.165) is 84.0 Å². The van der Waals surface area contributed by atoms with Crippen molar-refractivity contribution >= 4 is 117 Å². The second-order valence-corrected chi connectivity index (χ2v) is 31.0. The van der Waals surface area contributed by atoms with Gasteiger partial charge in [-0.2, -0.15) is 0 Å². The van der Waals surface area contributed by atoms with Crippen LogP contribution in [0.4, 0.5) is 51.2 Å². The summed E-state index contributed by atoms with van der Waals surface area (Å²) in [7, 11) is 0.